The van der Waals surface area contributed by atoms with Crippen LogP contribution >= 0.6 is 0 Å². The van der Waals surface area contributed by atoms with Crippen LogP contribution in [0.2, 0.25) is 0 Å². The molecule has 0 radical (unpaired) electrons. The molecule has 10 heteroatoms. The molecule has 29 heavy (non-hydrogen) atoms. The largest absolute Gasteiger partial charge is 0.264 e. The summed E-state index contributed by atoms with van der Waals surface area (Å²) in [5, 5.41) is 0. The van der Waals surface area contributed by atoms with Crippen LogP contribution in [0.5, 0.6) is 0 Å². The number of benzene rings is 3. The highest BCUT2D eigenvalue weighted by Crippen LogP contribution is 2.17. The molecule has 3 rings (SSSR count). The number of hydrogen-bond acceptors (Lipinski definition) is 0. The van der Waals surface area contributed by atoms with Gasteiger partial charge < -0.3 is 0 Å². The van der Waals surface area contributed by atoms with Crippen molar-refractivity contribution in [3.05, 3.63) is 88.3 Å². The molecule has 150 valence electrons. The van der Waals surface area contributed by atoms with Crippen LogP contribution in [0, 0.1) is 59.3 Å². The van der Waals surface area contributed by atoms with E-state index in [0.717, 1.165) is 6.92 Å². The van der Waals surface area contributed by atoms with Crippen LogP contribution in [0.1, 0.15) is 5.56 Å². The molecule has 0 aliphatic rings. The minimum absolute atomic E-state index is 0.136. The molecule has 0 saturated carbocycles. The van der Waals surface area contributed by atoms with E-state index in [1.165, 1.54) is 0 Å². The summed E-state index contributed by atoms with van der Waals surface area (Å²) in [5.41, 5.74) is -4.70. The fourth-order valence-corrected chi connectivity index (χ4v) is 3.06. The second kappa shape index (κ2) is 7.49. The highest BCUT2D eigenvalue weighted by atomic mass is 19.2. The molecular weight excluding hydrogens is 410 g/mol. The first kappa shape index (κ1) is 20.8. The van der Waals surface area contributed by atoms with Crippen molar-refractivity contribution in [2.75, 3.05) is 0 Å². The van der Waals surface area contributed by atoms with E-state index in [1.54, 1.807) is 0 Å². The lowest BCUT2D eigenvalue weighted by atomic mass is 9.36. The molecule has 0 bridgehead atoms. The predicted molar refractivity (Wildman–Crippen MR) is 88.3 cm³/mol. The molecule has 0 aromatic heterocycles. The molecule has 0 N–H and O–H groups in total. The van der Waals surface area contributed by atoms with Gasteiger partial charge >= 0.3 is 0 Å². The maximum absolute atomic E-state index is 14.7. The van der Waals surface area contributed by atoms with Gasteiger partial charge in [0.2, 0.25) is 0 Å². The third-order valence-electron chi connectivity index (χ3n) is 4.39. The van der Waals surface area contributed by atoms with Crippen LogP contribution in [0.25, 0.3) is 0 Å². The summed E-state index contributed by atoms with van der Waals surface area (Å²) in [5.74, 6) is -14.4. The van der Waals surface area contributed by atoms with Crippen LogP contribution in [-0.2, 0) is 0 Å². The number of halogens is 9. The highest BCUT2D eigenvalue weighted by molar-refractivity contribution is 6.95. The van der Waals surface area contributed by atoms with Gasteiger partial charge in [-0.15, -0.1) is 0 Å². The third-order valence-corrected chi connectivity index (χ3v) is 4.39. The second-order valence-corrected chi connectivity index (χ2v) is 6.19. The van der Waals surface area contributed by atoms with Crippen molar-refractivity contribution in [2.45, 2.75) is 6.92 Å². The van der Waals surface area contributed by atoms with Gasteiger partial charge in [0.25, 0.3) is 6.71 Å². The fraction of sp³-hybridized carbons (Fsp3) is 0.0526. The van der Waals surface area contributed by atoms with Crippen molar-refractivity contribution in [1.82, 2.24) is 0 Å². The summed E-state index contributed by atoms with van der Waals surface area (Å²) in [7, 11) is 0. The lowest BCUT2D eigenvalue weighted by Crippen LogP contribution is -2.59. The first-order chi connectivity index (χ1) is 13.5. The summed E-state index contributed by atoms with van der Waals surface area (Å²) in [4.78, 5) is 0. The molecule has 3 aromatic rings. The smallest absolute Gasteiger partial charge is 0.207 e. The Bertz CT molecular complexity index is 1020. The minimum Gasteiger partial charge on any atom is -0.207 e. The lowest BCUT2D eigenvalue weighted by Gasteiger charge is -2.20. The summed E-state index contributed by atoms with van der Waals surface area (Å²) >= 11 is 0. The van der Waals surface area contributed by atoms with Gasteiger partial charge in [-0.05, 0) is 6.92 Å². The van der Waals surface area contributed by atoms with Crippen LogP contribution in [0.15, 0.2) is 30.3 Å². The van der Waals surface area contributed by atoms with Gasteiger partial charge in [0.05, 0.1) is 0 Å². The molecule has 0 amide bonds. The predicted octanol–water partition coefficient (Wildman–Crippen LogP) is 3.76. The maximum atomic E-state index is 14.7. The molecule has 0 aliphatic carbocycles. The van der Waals surface area contributed by atoms with Crippen LogP contribution in [0.3, 0.4) is 0 Å². The van der Waals surface area contributed by atoms with Crippen LogP contribution in [0.4, 0.5) is 39.5 Å². The summed E-state index contributed by atoms with van der Waals surface area (Å²) in [6.45, 7) is -1.63. The van der Waals surface area contributed by atoms with Gasteiger partial charge in [-0.3, -0.25) is 0 Å². The summed E-state index contributed by atoms with van der Waals surface area (Å²) in [6, 6.07) is 0.709. The molecule has 0 spiro atoms. The van der Waals surface area contributed by atoms with E-state index in [4.69, 9.17) is 0 Å². The zero-order valence-corrected chi connectivity index (χ0v) is 14.4. The van der Waals surface area contributed by atoms with Crippen molar-refractivity contribution in [3.63, 3.8) is 0 Å². The first-order valence-corrected chi connectivity index (χ1v) is 7.95. The standard InChI is InChI=1S/C19H8BF9/c1-7-10(23)6-15(28)18(19(7)29)20(16-11(24)2-8(21)3-12(16)25)17-13(26)4-9(22)5-14(17)27/h2-6H,1H3. The zero-order chi connectivity index (χ0) is 21.6. The molecule has 0 nitrogen and oxygen atoms in total. The topological polar surface area (TPSA) is 0 Å². The molecule has 0 saturated heterocycles. The molecule has 0 aliphatic heterocycles. The maximum Gasteiger partial charge on any atom is 0.264 e. The zero-order valence-electron chi connectivity index (χ0n) is 14.4. The quantitative estimate of drug-likeness (QED) is 0.449. The van der Waals surface area contributed by atoms with Gasteiger partial charge in [0, 0.05) is 52.3 Å². The van der Waals surface area contributed by atoms with Crippen LogP contribution < -0.4 is 16.4 Å². The highest BCUT2D eigenvalue weighted by Gasteiger charge is 2.38. The molecule has 0 heterocycles. The van der Waals surface area contributed by atoms with Crippen molar-refractivity contribution < 1.29 is 39.5 Å². The first-order valence-electron chi connectivity index (χ1n) is 7.95. The normalized spacial score (nSPS) is 11.1. The van der Waals surface area contributed by atoms with Gasteiger partial charge in [-0.2, -0.15) is 0 Å². The Hall–Kier alpha value is -2.91. The van der Waals surface area contributed by atoms with Crippen LogP contribution in [-0.4, -0.2) is 6.71 Å². The van der Waals surface area contributed by atoms with E-state index in [9.17, 15) is 39.5 Å². The fourth-order valence-electron chi connectivity index (χ4n) is 3.06. The van der Waals surface area contributed by atoms with Gasteiger partial charge in [-0.1, -0.05) is 0 Å². The average molecular weight is 418 g/mol. The molecule has 0 unspecified atom stereocenters. The van der Waals surface area contributed by atoms with E-state index in [1.807, 2.05) is 0 Å². The van der Waals surface area contributed by atoms with Gasteiger partial charge in [0.1, 0.15) is 52.4 Å². The van der Waals surface area contributed by atoms with Crippen molar-refractivity contribution in [1.29, 1.82) is 0 Å². The van der Waals surface area contributed by atoms with Gasteiger partial charge in [0.15, 0.2) is 0 Å². The Labute approximate surface area is 158 Å². The Kier molecular flexibility index (Phi) is 5.38. The Balaban J connectivity index is 2.48. The Morgan fingerprint density at radius 2 is 0.828 bits per heavy atom. The Morgan fingerprint density at radius 3 is 1.21 bits per heavy atom. The molecule has 3 aromatic carbocycles. The van der Waals surface area contributed by atoms with E-state index in [-0.39, 0.29) is 30.3 Å². The second-order valence-electron chi connectivity index (χ2n) is 6.19. The molecular formula is C19H8BF9. The average Bonchev–Trinajstić information content (AvgIpc) is 2.57. The number of hydrogen-bond donors (Lipinski definition) is 0. The van der Waals surface area contributed by atoms with E-state index in [2.05, 4.69) is 0 Å². The summed E-state index contributed by atoms with van der Waals surface area (Å²) < 4.78 is 127. The third kappa shape index (κ3) is 3.59. The van der Waals surface area contributed by atoms with E-state index in [0.29, 0.717) is 0 Å². The minimum atomic E-state index is -2.49. The summed E-state index contributed by atoms with van der Waals surface area (Å²) in [6.07, 6.45) is 0. The molecule has 0 fully saturated rings. The van der Waals surface area contributed by atoms with E-state index >= 15 is 0 Å². The monoisotopic (exact) mass is 418 g/mol. The van der Waals surface area contributed by atoms with Crippen molar-refractivity contribution >= 4 is 23.1 Å². The van der Waals surface area contributed by atoms with Crippen molar-refractivity contribution in [2.24, 2.45) is 0 Å². The Morgan fingerprint density at radius 1 is 0.483 bits per heavy atom. The molecule has 0 atom stereocenters. The van der Waals surface area contributed by atoms with Crippen molar-refractivity contribution in [3.8, 4) is 0 Å². The lowest BCUT2D eigenvalue weighted by molar-refractivity contribution is 0.541. The van der Waals surface area contributed by atoms with Gasteiger partial charge in [-0.25, -0.2) is 39.5 Å². The van der Waals surface area contributed by atoms with E-state index < -0.39 is 81.0 Å². The SMILES string of the molecule is Cc1c(F)cc(F)c(B(c2c(F)cc(F)cc2F)c2c(F)cc(F)cc2F)c1F. The number of rotatable bonds is 3.